The predicted molar refractivity (Wildman–Crippen MR) is 124 cm³/mol. The Kier molecular flexibility index (Phi) is 6.63. The Morgan fingerprint density at radius 3 is 2.53 bits per heavy atom. The first-order valence-electron chi connectivity index (χ1n) is 12.2. The lowest BCUT2D eigenvalue weighted by Gasteiger charge is -2.36. The van der Waals surface area contributed by atoms with Gasteiger partial charge in [0.15, 0.2) is 17.4 Å². The topological polar surface area (TPSA) is 70.6 Å². The number of halogens is 2. The van der Waals surface area contributed by atoms with E-state index in [1.54, 1.807) is 6.92 Å². The SMILES string of the molecule is CC(=O)N1CCc2nc(N3CCC(Oc4ccc(F)cc4F)CC3)c(C3CCNCC3)nc2C1. The average Bonchev–Trinajstić information content (AvgIpc) is 2.85. The van der Waals surface area contributed by atoms with Gasteiger partial charge in [-0.3, -0.25) is 4.79 Å². The monoisotopic (exact) mass is 471 g/mol. The molecular weight excluding hydrogens is 440 g/mol. The number of nitrogens with one attached hydrogen (secondary N) is 1. The highest BCUT2D eigenvalue weighted by Gasteiger charge is 2.31. The van der Waals surface area contributed by atoms with E-state index in [9.17, 15) is 13.6 Å². The van der Waals surface area contributed by atoms with Gasteiger partial charge in [0.1, 0.15) is 11.9 Å². The Morgan fingerprint density at radius 1 is 1.06 bits per heavy atom. The van der Waals surface area contributed by atoms with Crippen LogP contribution in [0.5, 0.6) is 5.75 Å². The molecule has 0 spiro atoms. The van der Waals surface area contributed by atoms with Crippen molar-refractivity contribution in [2.45, 2.75) is 57.6 Å². The van der Waals surface area contributed by atoms with Gasteiger partial charge in [-0.2, -0.15) is 0 Å². The van der Waals surface area contributed by atoms with Crippen LogP contribution in [0.3, 0.4) is 0 Å². The normalized spacial score (nSPS) is 19.7. The third-order valence-corrected chi connectivity index (χ3v) is 7.12. The molecule has 0 unspecified atom stereocenters. The van der Waals surface area contributed by atoms with Gasteiger partial charge in [-0.15, -0.1) is 0 Å². The first-order chi connectivity index (χ1) is 16.5. The second-order valence-electron chi connectivity index (χ2n) is 9.42. The molecule has 3 aliphatic rings. The molecule has 0 radical (unpaired) electrons. The van der Waals surface area contributed by atoms with Crippen LogP contribution in [-0.2, 0) is 17.8 Å². The molecule has 1 aromatic heterocycles. The second kappa shape index (κ2) is 9.82. The van der Waals surface area contributed by atoms with Gasteiger partial charge in [0.25, 0.3) is 0 Å². The fourth-order valence-corrected chi connectivity index (χ4v) is 5.14. The molecule has 0 bridgehead atoms. The number of benzene rings is 1. The Labute approximate surface area is 198 Å². The van der Waals surface area contributed by atoms with Crippen molar-refractivity contribution in [1.29, 1.82) is 0 Å². The van der Waals surface area contributed by atoms with E-state index in [0.29, 0.717) is 25.4 Å². The number of ether oxygens (including phenoxy) is 1. The smallest absolute Gasteiger partial charge is 0.219 e. The molecule has 5 rings (SSSR count). The first kappa shape index (κ1) is 23.0. The first-order valence-corrected chi connectivity index (χ1v) is 12.2. The number of piperidine rings is 2. The highest BCUT2D eigenvalue weighted by atomic mass is 19.1. The summed E-state index contributed by atoms with van der Waals surface area (Å²) >= 11 is 0. The number of amides is 1. The van der Waals surface area contributed by atoms with Crippen LogP contribution < -0.4 is 15.0 Å². The summed E-state index contributed by atoms with van der Waals surface area (Å²) in [6.45, 7) is 6.18. The molecule has 182 valence electrons. The number of rotatable bonds is 4. The van der Waals surface area contributed by atoms with Crippen LogP contribution in [0.1, 0.15) is 55.6 Å². The zero-order valence-electron chi connectivity index (χ0n) is 19.5. The average molecular weight is 472 g/mol. The molecular formula is C25H31F2N5O2. The van der Waals surface area contributed by atoms with Gasteiger partial charge in [-0.25, -0.2) is 18.7 Å². The summed E-state index contributed by atoms with van der Waals surface area (Å²) in [7, 11) is 0. The number of carbonyl (C=O) groups excluding carboxylic acids is 1. The molecule has 9 heteroatoms. The lowest BCUT2D eigenvalue weighted by Crippen LogP contribution is -2.41. The van der Waals surface area contributed by atoms with Crippen LogP contribution in [0.4, 0.5) is 14.6 Å². The van der Waals surface area contributed by atoms with Crippen molar-refractivity contribution in [1.82, 2.24) is 20.2 Å². The molecule has 7 nitrogen and oxygen atoms in total. The second-order valence-corrected chi connectivity index (χ2v) is 9.42. The maximum absolute atomic E-state index is 14.0. The van der Waals surface area contributed by atoms with Crippen molar-refractivity contribution in [2.75, 3.05) is 37.6 Å². The standard InChI is InChI=1S/C25H31F2N5O2/c1-16(33)32-13-8-21-22(15-32)29-24(17-4-9-28-10-5-17)25(30-21)31-11-6-19(7-12-31)34-23-3-2-18(26)14-20(23)27/h2-3,14,17,19,28H,4-13,15H2,1H3. The molecule has 34 heavy (non-hydrogen) atoms. The van der Waals surface area contributed by atoms with Crippen molar-refractivity contribution in [2.24, 2.45) is 0 Å². The minimum Gasteiger partial charge on any atom is -0.487 e. The Hall–Kier alpha value is -2.81. The molecule has 4 heterocycles. The molecule has 2 fully saturated rings. The lowest BCUT2D eigenvalue weighted by atomic mass is 9.93. The Morgan fingerprint density at radius 2 is 1.82 bits per heavy atom. The Bertz CT molecular complexity index is 1050. The number of anilines is 1. The highest BCUT2D eigenvalue weighted by molar-refractivity contribution is 5.73. The summed E-state index contributed by atoms with van der Waals surface area (Å²) < 4.78 is 33.1. The third kappa shape index (κ3) is 4.85. The number of hydrogen-bond donors (Lipinski definition) is 1. The van der Waals surface area contributed by atoms with Crippen LogP contribution in [-0.4, -0.2) is 59.6 Å². The Balaban J connectivity index is 1.35. The van der Waals surface area contributed by atoms with Gasteiger partial charge < -0.3 is 19.9 Å². The molecule has 0 atom stereocenters. The molecule has 0 aliphatic carbocycles. The van der Waals surface area contributed by atoms with Gasteiger partial charge >= 0.3 is 0 Å². The zero-order valence-corrected chi connectivity index (χ0v) is 19.5. The molecule has 1 N–H and O–H groups in total. The van der Waals surface area contributed by atoms with Crippen LogP contribution >= 0.6 is 0 Å². The van der Waals surface area contributed by atoms with E-state index in [1.165, 1.54) is 12.1 Å². The molecule has 3 aliphatic heterocycles. The van der Waals surface area contributed by atoms with Crippen molar-refractivity contribution in [3.8, 4) is 5.75 Å². The van der Waals surface area contributed by atoms with E-state index in [2.05, 4.69) is 10.2 Å². The summed E-state index contributed by atoms with van der Waals surface area (Å²) in [4.78, 5) is 26.2. The van der Waals surface area contributed by atoms with E-state index >= 15 is 0 Å². The summed E-state index contributed by atoms with van der Waals surface area (Å²) in [5.74, 6) is 0.175. The lowest BCUT2D eigenvalue weighted by molar-refractivity contribution is -0.129. The number of nitrogens with zero attached hydrogens (tertiary/aromatic N) is 4. The van der Waals surface area contributed by atoms with Crippen LogP contribution in [0.2, 0.25) is 0 Å². The molecule has 0 saturated carbocycles. The largest absolute Gasteiger partial charge is 0.487 e. The van der Waals surface area contributed by atoms with E-state index in [4.69, 9.17) is 14.7 Å². The zero-order chi connectivity index (χ0) is 23.7. The maximum Gasteiger partial charge on any atom is 0.219 e. The van der Waals surface area contributed by atoms with Crippen molar-refractivity contribution < 1.29 is 18.3 Å². The minimum atomic E-state index is -0.671. The molecule has 2 saturated heterocycles. The van der Waals surface area contributed by atoms with Gasteiger partial charge in [-0.1, -0.05) is 0 Å². The number of aromatic nitrogens is 2. The van der Waals surface area contributed by atoms with Crippen LogP contribution in [0.25, 0.3) is 0 Å². The maximum atomic E-state index is 14.0. The van der Waals surface area contributed by atoms with E-state index < -0.39 is 11.6 Å². The van der Waals surface area contributed by atoms with Crippen LogP contribution in [0.15, 0.2) is 18.2 Å². The van der Waals surface area contributed by atoms with Crippen molar-refractivity contribution in [3.05, 3.63) is 46.9 Å². The fraction of sp³-hybridized carbons (Fsp3) is 0.560. The van der Waals surface area contributed by atoms with E-state index in [0.717, 1.165) is 80.8 Å². The highest BCUT2D eigenvalue weighted by Crippen LogP contribution is 2.34. The number of fused-ring (bicyclic) bond motifs is 1. The van der Waals surface area contributed by atoms with Gasteiger partial charge in [0.05, 0.1) is 23.6 Å². The summed E-state index contributed by atoms with van der Waals surface area (Å²) in [5.41, 5.74) is 2.94. The molecule has 1 aromatic carbocycles. The van der Waals surface area contributed by atoms with Gasteiger partial charge in [0, 0.05) is 57.8 Å². The molecule has 1 amide bonds. The number of hydrogen-bond acceptors (Lipinski definition) is 6. The van der Waals surface area contributed by atoms with Crippen molar-refractivity contribution in [3.63, 3.8) is 0 Å². The van der Waals surface area contributed by atoms with Crippen LogP contribution in [0, 0.1) is 11.6 Å². The summed E-state index contributed by atoms with van der Waals surface area (Å²) in [5, 5.41) is 3.42. The van der Waals surface area contributed by atoms with Gasteiger partial charge in [-0.05, 0) is 38.1 Å². The quantitative estimate of drug-likeness (QED) is 0.739. The summed E-state index contributed by atoms with van der Waals surface area (Å²) in [6.07, 6.45) is 4.05. The number of carbonyl (C=O) groups is 1. The van der Waals surface area contributed by atoms with Gasteiger partial charge in [0.2, 0.25) is 5.91 Å². The van der Waals surface area contributed by atoms with Crippen molar-refractivity contribution >= 4 is 11.7 Å². The molecule has 2 aromatic rings. The minimum absolute atomic E-state index is 0.0691. The fourth-order valence-electron chi connectivity index (χ4n) is 5.14. The van der Waals surface area contributed by atoms with E-state index in [1.807, 2.05) is 4.90 Å². The summed E-state index contributed by atoms with van der Waals surface area (Å²) in [6, 6.07) is 3.42. The predicted octanol–water partition coefficient (Wildman–Crippen LogP) is 3.17. The third-order valence-electron chi connectivity index (χ3n) is 7.12. The van der Waals surface area contributed by atoms with E-state index in [-0.39, 0.29) is 17.8 Å².